The fraction of sp³-hybridized carbons (Fsp3) is 0.211. The fourth-order valence-electron chi connectivity index (χ4n) is 2.97. The number of hydrogen-bond acceptors (Lipinski definition) is 8. The third-order valence-electron chi connectivity index (χ3n) is 4.42. The molecule has 4 rings (SSSR count). The molecule has 3 aromatic rings. The Morgan fingerprint density at radius 3 is 2.73 bits per heavy atom. The van der Waals surface area contributed by atoms with Crippen LogP contribution in [-0.2, 0) is 14.3 Å². The summed E-state index contributed by atoms with van der Waals surface area (Å²) in [5.74, 6) is -0.616. The van der Waals surface area contributed by atoms with E-state index in [0.717, 1.165) is 0 Å². The molecule has 1 amide bonds. The van der Waals surface area contributed by atoms with E-state index in [1.165, 1.54) is 34.4 Å². The molecule has 1 aromatic carbocycles. The smallest absolute Gasteiger partial charge is 0.414 e. The standard InChI is InChI=1S/C19H17FN6O4/c20-16-7-13(25-10-14(30-19(25)28)11-29-18(27)8-21)2-3-15(16)12-1-4-17(22-9-12)26-23-5-6-24-26/h1-7,9,14H,8,10-11,21H2/t14-/m1/s1. The molecule has 2 N–H and O–H groups in total. The summed E-state index contributed by atoms with van der Waals surface area (Å²) in [6.07, 6.45) is 3.29. The van der Waals surface area contributed by atoms with E-state index < -0.39 is 24.0 Å². The lowest BCUT2D eigenvalue weighted by atomic mass is 10.1. The van der Waals surface area contributed by atoms with E-state index in [4.69, 9.17) is 15.2 Å². The number of anilines is 1. The van der Waals surface area contributed by atoms with Crippen LogP contribution in [0.15, 0.2) is 48.9 Å². The van der Waals surface area contributed by atoms with E-state index in [1.54, 1.807) is 24.3 Å². The highest BCUT2D eigenvalue weighted by molar-refractivity contribution is 5.90. The summed E-state index contributed by atoms with van der Waals surface area (Å²) in [7, 11) is 0. The average molecular weight is 412 g/mol. The van der Waals surface area contributed by atoms with Gasteiger partial charge in [0.05, 0.1) is 31.2 Å². The van der Waals surface area contributed by atoms with Crippen molar-refractivity contribution in [1.29, 1.82) is 0 Å². The zero-order valence-electron chi connectivity index (χ0n) is 15.6. The Bertz CT molecular complexity index is 1060. The monoisotopic (exact) mass is 412 g/mol. The molecule has 154 valence electrons. The molecule has 1 saturated heterocycles. The maximum absolute atomic E-state index is 14.8. The van der Waals surface area contributed by atoms with E-state index in [0.29, 0.717) is 22.6 Å². The van der Waals surface area contributed by atoms with Crippen molar-refractivity contribution in [3.05, 3.63) is 54.7 Å². The number of cyclic esters (lactones) is 1. The second-order valence-electron chi connectivity index (χ2n) is 6.39. The fourth-order valence-corrected chi connectivity index (χ4v) is 2.97. The second kappa shape index (κ2) is 8.25. The minimum Gasteiger partial charge on any atom is -0.461 e. The molecule has 1 aliphatic rings. The van der Waals surface area contributed by atoms with Crippen LogP contribution in [0.2, 0.25) is 0 Å². The number of pyridine rings is 1. The third-order valence-corrected chi connectivity index (χ3v) is 4.42. The quantitative estimate of drug-likeness (QED) is 0.601. The molecule has 0 unspecified atom stereocenters. The molecule has 1 atom stereocenters. The van der Waals surface area contributed by atoms with Crippen molar-refractivity contribution in [3.63, 3.8) is 0 Å². The zero-order chi connectivity index (χ0) is 21.1. The number of halogens is 1. The van der Waals surface area contributed by atoms with Crippen molar-refractivity contribution in [2.24, 2.45) is 5.73 Å². The molecule has 0 bridgehead atoms. The van der Waals surface area contributed by atoms with Gasteiger partial charge in [-0.25, -0.2) is 14.2 Å². The molecular weight excluding hydrogens is 395 g/mol. The number of nitrogens with zero attached hydrogens (tertiary/aromatic N) is 5. The predicted molar refractivity (Wildman–Crippen MR) is 102 cm³/mol. The first-order chi connectivity index (χ1) is 14.5. The molecule has 0 spiro atoms. The summed E-state index contributed by atoms with van der Waals surface area (Å²) in [6.45, 7) is -0.240. The van der Waals surface area contributed by atoms with Crippen molar-refractivity contribution in [2.75, 3.05) is 24.6 Å². The van der Waals surface area contributed by atoms with Crippen molar-refractivity contribution < 1.29 is 23.5 Å². The summed E-state index contributed by atoms with van der Waals surface area (Å²) < 4.78 is 24.8. The Labute approximate surface area is 170 Å². The number of amides is 1. The van der Waals surface area contributed by atoms with Crippen molar-refractivity contribution in [2.45, 2.75) is 6.10 Å². The summed E-state index contributed by atoms with van der Waals surface area (Å²) in [5.41, 5.74) is 6.39. The molecule has 0 saturated carbocycles. The highest BCUT2D eigenvalue weighted by atomic mass is 19.1. The lowest BCUT2D eigenvalue weighted by molar-refractivity contribution is -0.144. The molecule has 10 nitrogen and oxygen atoms in total. The minimum atomic E-state index is -0.650. The van der Waals surface area contributed by atoms with Gasteiger partial charge in [-0.15, -0.1) is 4.80 Å². The van der Waals surface area contributed by atoms with Crippen molar-refractivity contribution in [3.8, 4) is 16.9 Å². The zero-order valence-corrected chi connectivity index (χ0v) is 15.6. The van der Waals surface area contributed by atoms with Gasteiger partial charge in [-0.3, -0.25) is 9.69 Å². The SMILES string of the molecule is NCC(=O)OC[C@H]1CN(c2ccc(-c3ccc(-n4nccn4)nc3)c(F)c2)C(=O)O1. The molecule has 1 aliphatic heterocycles. The van der Waals surface area contributed by atoms with Gasteiger partial charge in [0.2, 0.25) is 0 Å². The van der Waals surface area contributed by atoms with Crippen LogP contribution in [-0.4, -0.2) is 57.8 Å². The number of aromatic nitrogens is 4. The Hall–Kier alpha value is -3.86. The highest BCUT2D eigenvalue weighted by Crippen LogP contribution is 2.29. The van der Waals surface area contributed by atoms with Gasteiger partial charge in [0.1, 0.15) is 12.4 Å². The molecule has 3 heterocycles. The van der Waals surface area contributed by atoms with Crippen LogP contribution in [0.1, 0.15) is 0 Å². The lowest BCUT2D eigenvalue weighted by Gasteiger charge is -2.14. The summed E-state index contributed by atoms with van der Waals surface area (Å²) >= 11 is 0. The molecule has 11 heteroatoms. The van der Waals surface area contributed by atoms with Crippen LogP contribution in [0.3, 0.4) is 0 Å². The highest BCUT2D eigenvalue weighted by Gasteiger charge is 2.33. The Morgan fingerprint density at radius 1 is 1.27 bits per heavy atom. The van der Waals surface area contributed by atoms with E-state index in [-0.39, 0.29) is 19.7 Å². The maximum Gasteiger partial charge on any atom is 0.414 e. The largest absolute Gasteiger partial charge is 0.461 e. The molecular formula is C19H17FN6O4. The average Bonchev–Trinajstić information content (AvgIpc) is 3.42. The number of benzene rings is 1. The van der Waals surface area contributed by atoms with Gasteiger partial charge in [0.15, 0.2) is 11.9 Å². The topological polar surface area (TPSA) is 125 Å². The van der Waals surface area contributed by atoms with Gasteiger partial charge >= 0.3 is 12.1 Å². The van der Waals surface area contributed by atoms with Gasteiger partial charge in [-0.05, 0) is 30.3 Å². The maximum atomic E-state index is 14.8. The third kappa shape index (κ3) is 3.96. The molecule has 0 radical (unpaired) electrons. The van der Waals surface area contributed by atoms with E-state index in [9.17, 15) is 14.0 Å². The van der Waals surface area contributed by atoms with Crippen LogP contribution >= 0.6 is 0 Å². The number of nitrogens with two attached hydrogens (primary N) is 1. The van der Waals surface area contributed by atoms with Crippen LogP contribution in [0.4, 0.5) is 14.9 Å². The Morgan fingerprint density at radius 2 is 2.07 bits per heavy atom. The minimum absolute atomic E-state index is 0.109. The normalized spacial score (nSPS) is 15.9. The lowest BCUT2D eigenvalue weighted by Crippen LogP contribution is -2.28. The number of carbonyl (C=O) groups excluding carboxylic acids is 2. The number of hydrogen-bond donors (Lipinski definition) is 1. The van der Waals surface area contributed by atoms with Crippen molar-refractivity contribution >= 4 is 17.7 Å². The summed E-state index contributed by atoms with van der Waals surface area (Å²) in [4.78, 5) is 30.1. The van der Waals surface area contributed by atoms with Gasteiger partial charge in [0.25, 0.3) is 0 Å². The van der Waals surface area contributed by atoms with Gasteiger partial charge in [-0.1, -0.05) is 0 Å². The van der Waals surface area contributed by atoms with E-state index in [1.807, 2.05) is 0 Å². The first-order valence-electron chi connectivity index (χ1n) is 9.01. The van der Waals surface area contributed by atoms with Gasteiger partial charge in [-0.2, -0.15) is 10.2 Å². The second-order valence-corrected chi connectivity index (χ2v) is 6.39. The van der Waals surface area contributed by atoms with Crippen LogP contribution < -0.4 is 10.6 Å². The molecule has 30 heavy (non-hydrogen) atoms. The van der Waals surface area contributed by atoms with Crippen LogP contribution in [0.5, 0.6) is 0 Å². The molecule has 0 aliphatic carbocycles. The van der Waals surface area contributed by atoms with Gasteiger partial charge in [0, 0.05) is 17.3 Å². The predicted octanol–water partition coefficient (Wildman–Crippen LogP) is 1.30. The molecule has 2 aromatic heterocycles. The van der Waals surface area contributed by atoms with Crippen molar-refractivity contribution in [1.82, 2.24) is 20.0 Å². The molecule has 1 fully saturated rings. The number of esters is 1. The van der Waals surface area contributed by atoms with Gasteiger partial charge < -0.3 is 15.2 Å². The number of carbonyl (C=O) groups is 2. The summed E-state index contributed by atoms with van der Waals surface area (Å²) in [6, 6.07) is 7.79. The summed E-state index contributed by atoms with van der Waals surface area (Å²) in [5, 5.41) is 7.98. The van der Waals surface area contributed by atoms with Crippen LogP contribution in [0.25, 0.3) is 16.9 Å². The van der Waals surface area contributed by atoms with E-state index in [2.05, 4.69) is 15.2 Å². The number of ether oxygens (including phenoxy) is 2. The first-order valence-corrected chi connectivity index (χ1v) is 9.01. The first kappa shape index (κ1) is 19.5. The Kier molecular flexibility index (Phi) is 5.35. The Balaban J connectivity index is 1.48. The van der Waals surface area contributed by atoms with E-state index >= 15 is 0 Å². The van der Waals surface area contributed by atoms with Crippen LogP contribution in [0, 0.1) is 5.82 Å². The number of rotatable bonds is 6.